The van der Waals surface area contributed by atoms with Crippen molar-refractivity contribution in [1.29, 1.82) is 0 Å². The minimum Gasteiger partial charge on any atom is -0.468 e. The van der Waals surface area contributed by atoms with Gasteiger partial charge in [0.2, 0.25) is 5.91 Å². The third kappa shape index (κ3) is 15.3. The number of hydrogen-bond donors (Lipinski definition) is 2. The minimum absolute atomic E-state index is 0.357. The Balaban J connectivity index is 4.93. The minimum atomic E-state index is -1.22. The molecule has 2 amide bonds. The molecule has 0 aromatic heterocycles. The number of esters is 1. The number of carbonyl (C=O) groups is 3. The number of hydrogen-bond acceptors (Lipinski definition) is 6. The van der Waals surface area contributed by atoms with Crippen LogP contribution in [0.2, 0.25) is 0 Å². The molecule has 0 rings (SSSR count). The number of unbranched alkanes of at least 4 members (excludes halogenated alkanes) is 8. The van der Waals surface area contributed by atoms with Crippen molar-refractivity contribution in [3.63, 3.8) is 0 Å². The van der Waals surface area contributed by atoms with Crippen LogP contribution in [0.15, 0.2) is 5.11 Å². The van der Waals surface area contributed by atoms with E-state index in [1.165, 1.54) is 39.2 Å². The first-order valence-corrected chi connectivity index (χ1v) is 11.5. The molecule has 10 nitrogen and oxygen atoms in total. The van der Waals surface area contributed by atoms with Crippen LogP contribution >= 0.6 is 0 Å². The maximum atomic E-state index is 12.5. The second-order valence-corrected chi connectivity index (χ2v) is 8.81. The predicted octanol–water partition coefficient (Wildman–Crippen LogP) is 4.77. The molecule has 0 aromatic carbocycles. The molecule has 0 aromatic rings. The van der Waals surface area contributed by atoms with Gasteiger partial charge in [0.15, 0.2) is 0 Å². The van der Waals surface area contributed by atoms with Crippen molar-refractivity contribution in [3.05, 3.63) is 10.4 Å². The van der Waals surface area contributed by atoms with Gasteiger partial charge in [-0.3, -0.25) is 9.59 Å². The largest absolute Gasteiger partial charge is 0.468 e. The molecule has 0 unspecified atom stereocenters. The number of rotatable bonds is 16. The second-order valence-electron chi connectivity index (χ2n) is 8.81. The highest BCUT2D eigenvalue weighted by molar-refractivity contribution is 5.86. The van der Waals surface area contributed by atoms with Gasteiger partial charge in [-0.15, -0.1) is 0 Å². The molecule has 0 bridgehead atoms. The standard InChI is InChI=1S/C22H41N5O5/c1-6-7-8-9-10-11-12-13-14-15-17(25-21(30)32-22(2,3)4)19(26-27-23)20(29)24-16-18(28)31-5/h17,19H,6-16H2,1-5H3,(H,24,29)(H,25,30)/t17-,19-/m1/s1. The molecule has 32 heavy (non-hydrogen) atoms. The maximum Gasteiger partial charge on any atom is 0.407 e. The van der Waals surface area contributed by atoms with E-state index in [9.17, 15) is 14.4 Å². The van der Waals surface area contributed by atoms with Crippen LogP contribution in [-0.4, -0.2) is 49.3 Å². The quantitative estimate of drug-likeness (QED) is 0.113. The van der Waals surface area contributed by atoms with E-state index in [4.69, 9.17) is 10.3 Å². The van der Waals surface area contributed by atoms with Crippen LogP contribution < -0.4 is 10.6 Å². The van der Waals surface area contributed by atoms with E-state index in [1.54, 1.807) is 20.8 Å². The van der Waals surface area contributed by atoms with E-state index in [0.29, 0.717) is 6.42 Å². The van der Waals surface area contributed by atoms with Crippen LogP contribution in [0, 0.1) is 0 Å². The Morgan fingerprint density at radius 2 is 1.56 bits per heavy atom. The van der Waals surface area contributed by atoms with Crippen molar-refractivity contribution in [2.45, 2.75) is 110 Å². The number of methoxy groups -OCH3 is 1. The van der Waals surface area contributed by atoms with Crippen molar-refractivity contribution in [2.24, 2.45) is 5.11 Å². The summed E-state index contributed by atoms with van der Waals surface area (Å²) < 4.78 is 9.80. The lowest BCUT2D eigenvalue weighted by Crippen LogP contribution is -2.51. The van der Waals surface area contributed by atoms with Gasteiger partial charge in [0, 0.05) is 11.0 Å². The van der Waals surface area contributed by atoms with Crippen molar-refractivity contribution >= 4 is 18.0 Å². The van der Waals surface area contributed by atoms with Crippen LogP contribution in [0.1, 0.15) is 91.9 Å². The maximum absolute atomic E-state index is 12.5. The first-order valence-electron chi connectivity index (χ1n) is 11.5. The van der Waals surface area contributed by atoms with Gasteiger partial charge < -0.3 is 20.1 Å². The van der Waals surface area contributed by atoms with Gasteiger partial charge in [-0.05, 0) is 32.7 Å². The fourth-order valence-corrected chi connectivity index (χ4v) is 3.15. The summed E-state index contributed by atoms with van der Waals surface area (Å²) in [5, 5.41) is 8.63. The lowest BCUT2D eigenvalue weighted by Gasteiger charge is -2.26. The highest BCUT2D eigenvalue weighted by Gasteiger charge is 2.30. The fourth-order valence-electron chi connectivity index (χ4n) is 3.15. The third-order valence-corrected chi connectivity index (χ3v) is 4.78. The molecule has 0 radical (unpaired) electrons. The molecular formula is C22H41N5O5. The second kappa shape index (κ2) is 17.1. The SMILES string of the molecule is CCCCCCCCCCC[C@@H](NC(=O)OC(C)(C)C)[C@@H](N=[N+]=[N-])C(=O)NCC(=O)OC. The van der Waals surface area contributed by atoms with Gasteiger partial charge in [0.05, 0.1) is 7.11 Å². The summed E-state index contributed by atoms with van der Waals surface area (Å²) >= 11 is 0. The summed E-state index contributed by atoms with van der Waals surface area (Å²) in [5.41, 5.74) is 8.24. The predicted molar refractivity (Wildman–Crippen MR) is 123 cm³/mol. The summed E-state index contributed by atoms with van der Waals surface area (Å²) in [7, 11) is 1.20. The van der Waals surface area contributed by atoms with Gasteiger partial charge in [0.1, 0.15) is 18.2 Å². The number of amides is 2. The van der Waals surface area contributed by atoms with Gasteiger partial charge in [0.25, 0.3) is 0 Å². The first kappa shape index (κ1) is 29.5. The number of nitrogens with zero attached hydrogens (tertiary/aromatic N) is 3. The Bertz CT molecular complexity index is 614. The summed E-state index contributed by atoms with van der Waals surface area (Å²) in [5.74, 6) is -1.29. The highest BCUT2D eigenvalue weighted by atomic mass is 16.6. The zero-order chi connectivity index (χ0) is 24.4. The number of ether oxygens (including phenoxy) is 2. The molecule has 2 atom stereocenters. The smallest absolute Gasteiger partial charge is 0.407 e. The molecule has 0 aliphatic rings. The van der Waals surface area contributed by atoms with E-state index in [1.807, 2.05) is 0 Å². The summed E-state index contributed by atoms with van der Waals surface area (Å²) in [6.07, 6.45) is 9.85. The molecule has 184 valence electrons. The third-order valence-electron chi connectivity index (χ3n) is 4.78. The molecule has 0 heterocycles. The van der Waals surface area contributed by atoms with E-state index < -0.39 is 35.7 Å². The monoisotopic (exact) mass is 455 g/mol. The molecule has 0 saturated heterocycles. The average molecular weight is 456 g/mol. The summed E-state index contributed by atoms with van der Waals surface area (Å²) in [6, 6.07) is -1.98. The Morgan fingerprint density at radius 3 is 2.06 bits per heavy atom. The highest BCUT2D eigenvalue weighted by Crippen LogP contribution is 2.15. The van der Waals surface area contributed by atoms with Gasteiger partial charge in [-0.25, -0.2) is 4.79 Å². The molecule has 0 aliphatic heterocycles. The number of nitrogens with one attached hydrogen (secondary N) is 2. The number of carbonyl (C=O) groups excluding carboxylic acids is 3. The zero-order valence-electron chi connectivity index (χ0n) is 20.3. The Kier molecular flexibility index (Phi) is 15.8. The number of azide groups is 1. The number of alkyl carbamates (subject to hydrolysis) is 1. The van der Waals surface area contributed by atoms with E-state index in [-0.39, 0.29) is 6.54 Å². The van der Waals surface area contributed by atoms with Gasteiger partial charge in [-0.1, -0.05) is 69.8 Å². The van der Waals surface area contributed by atoms with Crippen LogP contribution in [0.3, 0.4) is 0 Å². The topological polar surface area (TPSA) is 142 Å². The zero-order valence-corrected chi connectivity index (χ0v) is 20.3. The van der Waals surface area contributed by atoms with E-state index >= 15 is 0 Å². The van der Waals surface area contributed by atoms with Crippen molar-refractivity contribution in [2.75, 3.05) is 13.7 Å². The van der Waals surface area contributed by atoms with Gasteiger partial charge in [-0.2, -0.15) is 0 Å². The van der Waals surface area contributed by atoms with Crippen molar-refractivity contribution in [3.8, 4) is 0 Å². The van der Waals surface area contributed by atoms with Crippen LogP contribution in [0.4, 0.5) is 4.79 Å². The molecule has 0 aliphatic carbocycles. The van der Waals surface area contributed by atoms with Crippen molar-refractivity contribution in [1.82, 2.24) is 10.6 Å². The molecule has 0 spiro atoms. The Morgan fingerprint density at radius 1 is 1.00 bits per heavy atom. The Labute approximate surface area is 191 Å². The van der Waals surface area contributed by atoms with Crippen LogP contribution in [0.5, 0.6) is 0 Å². The molecule has 2 N–H and O–H groups in total. The van der Waals surface area contributed by atoms with E-state index in [2.05, 4.69) is 32.3 Å². The lowest BCUT2D eigenvalue weighted by molar-refractivity contribution is -0.141. The van der Waals surface area contributed by atoms with Gasteiger partial charge >= 0.3 is 12.1 Å². The molecule has 0 fully saturated rings. The summed E-state index contributed by atoms with van der Waals surface area (Å²) in [6.45, 7) is 7.03. The first-order chi connectivity index (χ1) is 15.1. The molecule has 10 heteroatoms. The van der Waals surface area contributed by atoms with Crippen LogP contribution in [0.25, 0.3) is 10.4 Å². The lowest BCUT2D eigenvalue weighted by atomic mass is 9.99. The fraction of sp³-hybridized carbons (Fsp3) is 0.864. The van der Waals surface area contributed by atoms with Crippen molar-refractivity contribution < 1.29 is 23.9 Å². The van der Waals surface area contributed by atoms with E-state index in [0.717, 1.165) is 25.7 Å². The average Bonchev–Trinajstić information content (AvgIpc) is 2.72. The normalized spacial score (nSPS) is 12.8. The molecular weight excluding hydrogens is 414 g/mol. The Hall–Kier alpha value is -2.48. The molecule has 0 saturated carbocycles. The summed E-state index contributed by atoms with van der Waals surface area (Å²) in [4.78, 5) is 38.9. The van der Waals surface area contributed by atoms with Crippen LogP contribution in [-0.2, 0) is 19.1 Å².